The van der Waals surface area contributed by atoms with Gasteiger partial charge in [0, 0.05) is 0 Å². The normalized spacial score (nSPS) is 10.0. The number of carbonyl (C=O) groups excluding carboxylic acids is 2. The largest absolute Gasteiger partial charge is 0.389 e. The third-order valence-corrected chi connectivity index (χ3v) is 0.791. The quantitative estimate of drug-likeness (QED) is 0.566. The van der Waals surface area contributed by atoms with Gasteiger partial charge >= 0.3 is 0 Å². The number of carbonyl (C=O) groups is 2. The molecular weight excluding hydrogens is 146 g/mol. The Kier molecular flexibility index (Phi) is 3.71. The highest BCUT2D eigenvalue weighted by Gasteiger charge is 2.17. The monoisotopic (exact) mass is 152 g/mol. The molecular formula is C5H6F2O3. The van der Waals surface area contributed by atoms with Gasteiger partial charge in [0.2, 0.25) is 5.78 Å². The van der Waals surface area contributed by atoms with Gasteiger partial charge in [-0.25, -0.2) is 8.78 Å². The summed E-state index contributed by atoms with van der Waals surface area (Å²) in [6.45, 7) is -0.863. The molecule has 58 valence electrons. The van der Waals surface area contributed by atoms with E-state index in [2.05, 4.69) is 0 Å². The van der Waals surface area contributed by atoms with E-state index in [0.717, 1.165) is 0 Å². The minimum Gasteiger partial charge on any atom is -0.389 e. The van der Waals surface area contributed by atoms with Crippen molar-refractivity contribution in [3.8, 4) is 0 Å². The van der Waals surface area contributed by atoms with E-state index < -0.39 is 31.0 Å². The summed E-state index contributed by atoms with van der Waals surface area (Å²) < 4.78 is 22.7. The smallest absolute Gasteiger partial charge is 0.296 e. The maximum Gasteiger partial charge on any atom is 0.296 e. The van der Waals surface area contributed by atoms with Crippen molar-refractivity contribution in [2.24, 2.45) is 0 Å². The van der Waals surface area contributed by atoms with E-state index >= 15 is 0 Å². The Morgan fingerprint density at radius 2 is 1.90 bits per heavy atom. The van der Waals surface area contributed by atoms with Crippen LogP contribution in [0.2, 0.25) is 0 Å². The van der Waals surface area contributed by atoms with E-state index in [-0.39, 0.29) is 0 Å². The summed E-state index contributed by atoms with van der Waals surface area (Å²) in [6, 6.07) is 0. The lowest BCUT2D eigenvalue weighted by molar-refractivity contribution is -0.135. The lowest BCUT2D eigenvalue weighted by Gasteiger charge is -1.94. The van der Waals surface area contributed by atoms with Gasteiger partial charge in [0.05, 0.1) is 6.42 Å². The average Bonchev–Trinajstić information content (AvgIpc) is 1.87. The zero-order chi connectivity index (χ0) is 8.15. The van der Waals surface area contributed by atoms with E-state index in [1.807, 2.05) is 0 Å². The molecule has 0 fully saturated rings. The second kappa shape index (κ2) is 4.05. The summed E-state index contributed by atoms with van der Waals surface area (Å²) >= 11 is 0. The molecule has 10 heavy (non-hydrogen) atoms. The first-order chi connectivity index (χ1) is 4.57. The number of hydrogen-bond donors (Lipinski definition) is 1. The number of hydrogen-bond acceptors (Lipinski definition) is 3. The molecule has 3 nitrogen and oxygen atoms in total. The highest BCUT2D eigenvalue weighted by Crippen LogP contribution is 1.98. The van der Waals surface area contributed by atoms with Crippen molar-refractivity contribution in [2.75, 3.05) is 6.61 Å². The molecule has 0 aromatic carbocycles. The van der Waals surface area contributed by atoms with Crippen molar-refractivity contribution >= 4 is 11.6 Å². The second-order valence-corrected chi connectivity index (χ2v) is 1.64. The predicted octanol–water partition coefficient (Wildman–Crippen LogP) is -0.228. The number of aliphatic hydroxyl groups excluding tert-OH is 1. The zero-order valence-corrected chi connectivity index (χ0v) is 5.01. The molecule has 0 radical (unpaired) electrons. The van der Waals surface area contributed by atoms with Crippen LogP contribution in [0.25, 0.3) is 0 Å². The van der Waals surface area contributed by atoms with Crippen LogP contribution in [0.15, 0.2) is 0 Å². The molecule has 1 N–H and O–H groups in total. The third kappa shape index (κ3) is 3.24. The van der Waals surface area contributed by atoms with E-state index in [0.29, 0.717) is 0 Å². The van der Waals surface area contributed by atoms with Gasteiger partial charge in [0.1, 0.15) is 6.61 Å². The fourth-order valence-electron chi connectivity index (χ4n) is 0.327. The molecule has 0 spiro atoms. The minimum atomic E-state index is -3.12. The van der Waals surface area contributed by atoms with E-state index in [1.165, 1.54) is 0 Å². The fourth-order valence-corrected chi connectivity index (χ4v) is 0.327. The molecule has 5 heteroatoms. The highest BCUT2D eigenvalue weighted by atomic mass is 19.3. The summed E-state index contributed by atoms with van der Waals surface area (Å²) in [5.74, 6) is -2.33. The topological polar surface area (TPSA) is 54.4 Å². The Morgan fingerprint density at radius 3 is 2.20 bits per heavy atom. The second-order valence-electron chi connectivity index (χ2n) is 1.64. The Hall–Kier alpha value is -0.840. The average molecular weight is 152 g/mol. The molecule has 0 heterocycles. The summed E-state index contributed by atoms with van der Waals surface area (Å²) in [5, 5.41) is 8.02. The molecule has 0 saturated carbocycles. The SMILES string of the molecule is O=C(CO)CC(=O)C(F)F. The number of ketones is 2. The van der Waals surface area contributed by atoms with Gasteiger partial charge in [-0.15, -0.1) is 0 Å². The number of aliphatic hydroxyl groups is 1. The van der Waals surface area contributed by atoms with Gasteiger partial charge in [0.25, 0.3) is 6.43 Å². The molecule has 0 aromatic heterocycles. The van der Waals surface area contributed by atoms with Crippen LogP contribution in [0.5, 0.6) is 0 Å². The first-order valence-corrected chi connectivity index (χ1v) is 2.51. The highest BCUT2D eigenvalue weighted by molar-refractivity contribution is 6.00. The van der Waals surface area contributed by atoms with Crippen LogP contribution in [0.3, 0.4) is 0 Å². The molecule has 0 atom stereocenters. The van der Waals surface area contributed by atoms with Gasteiger partial charge in [-0.3, -0.25) is 9.59 Å². The number of Topliss-reactive ketones (excluding diaryl/α,β-unsaturated/α-hetero) is 2. The molecule has 0 amide bonds. The lowest BCUT2D eigenvalue weighted by atomic mass is 10.2. The molecule has 0 aliphatic rings. The van der Waals surface area contributed by atoms with Crippen LogP contribution in [0.1, 0.15) is 6.42 Å². The molecule has 0 unspecified atom stereocenters. The molecule has 0 aromatic rings. The maximum absolute atomic E-state index is 11.3. The Balaban J connectivity index is 3.69. The summed E-state index contributed by atoms with van der Waals surface area (Å²) in [4.78, 5) is 20.2. The van der Waals surface area contributed by atoms with Crippen LogP contribution in [0, 0.1) is 0 Å². The molecule has 0 aliphatic heterocycles. The van der Waals surface area contributed by atoms with E-state index in [9.17, 15) is 18.4 Å². The molecule has 0 rings (SSSR count). The minimum absolute atomic E-state index is 0.863. The van der Waals surface area contributed by atoms with Crippen molar-refractivity contribution < 1.29 is 23.5 Å². The van der Waals surface area contributed by atoms with Crippen molar-refractivity contribution in [3.63, 3.8) is 0 Å². The van der Waals surface area contributed by atoms with Crippen LogP contribution in [-0.4, -0.2) is 29.7 Å². The number of halogens is 2. The third-order valence-electron chi connectivity index (χ3n) is 0.791. The first kappa shape index (κ1) is 9.16. The Labute approximate surface area is 55.6 Å². The number of alkyl halides is 2. The summed E-state index contributed by atoms with van der Waals surface area (Å²) in [6.07, 6.45) is -4.00. The zero-order valence-electron chi connectivity index (χ0n) is 5.01. The van der Waals surface area contributed by atoms with Crippen molar-refractivity contribution in [3.05, 3.63) is 0 Å². The number of rotatable bonds is 4. The Morgan fingerprint density at radius 1 is 1.40 bits per heavy atom. The van der Waals surface area contributed by atoms with Crippen molar-refractivity contribution in [1.29, 1.82) is 0 Å². The van der Waals surface area contributed by atoms with Crippen molar-refractivity contribution in [2.45, 2.75) is 12.8 Å². The van der Waals surface area contributed by atoms with Gasteiger partial charge in [0.15, 0.2) is 5.78 Å². The van der Waals surface area contributed by atoms with Crippen molar-refractivity contribution in [1.82, 2.24) is 0 Å². The lowest BCUT2D eigenvalue weighted by Crippen LogP contribution is -2.17. The molecule has 0 aliphatic carbocycles. The first-order valence-electron chi connectivity index (χ1n) is 2.51. The van der Waals surface area contributed by atoms with Gasteiger partial charge in [-0.1, -0.05) is 0 Å². The van der Waals surface area contributed by atoms with Crippen LogP contribution in [0.4, 0.5) is 8.78 Å². The summed E-state index contributed by atoms with van der Waals surface area (Å²) in [7, 11) is 0. The van der Waals surface area contributed by atoms with E-state index in [1.54, 1.807) is 0 Å². The summed E-state index contributed by atoms with van der Waals surface area (Å²) in [5.41, 5.74) is 0. The van der Waals surface area contributed by atoms with Crippen LogP contribution >= 0.6 is 0 Å². The van der Waals surface area contributed by atoms with Gasteiger partial charge in [-0.05, 0) is 0 Å². The molecule has 0 bridgehead atoms. The maximum atomic E-state index is 11.3. The van der Waals surface area contributed by atoms with Gasteiger partial charge < -0.3 is 5.11 Å². The fraction of sp³-hybridized carbons (Fsp3) is 0.600. The van der Waals surface area contributed by atoms with E-state index in [4.69, 9.17) is 5.11 Å². The Bertz CT molecular complexity index is 144. The van der Waals surface area contributed by atoms with Crippen LogP contribution < -0.4 is 0 Å². The standard InChI is InChI=1S/C5H6F2O3/c6-5(7)4(10)1-3(9)2-8/h5,8H,1-2H2. The van der Waals surface area contributed by atoms with Gasteiger partial charge in [-0.2, -0.15) is 0 Å². The molecule has 0 saturated heterocycles. The van der Waals surface area contributed by atoms with Crippen LogP contribution in [-0.2, 0) is 9.59 Å². The predicted molar refractivity (Wildman–Crippen MR) is 27.7 cm³/mol.